The Bertz CT molecular complexity index is 1280. The molecule has 0 aromatic heterocycles. The Kier molecular flexibility index (Phi) is 5.78. The van der Waals surface area contributed by atoms with Crippen LogP contribution in [0.1, 0.15) is 60.3 Å². The molecule has 182 valence electrons. The van der Waals surface area contributed by atoms with Crippen molar-refractivity contribution in [2.75, 3.05) is 6.61 Å². The normalized spacial score (nSPS) is 24.5. The van der Waals surface area contributed by atoms with Crippen LogP contribution < -0.4 is 0 Å². The maximum Gasteiger partial charge on any atom is 0.410 e. The van der Waals surface area contributed by atoms with Crippen molar-refractivity contribution >= 4 is 6.09 Å². The number of carbonyl (C=O) groups is 1. The van der Waals surface area contributed by atoms with Crippen LogP contribution in [-0.4, -0.2) is 40.4 Å². The second-order valence-electron chi connectivity index (χ2n) is 10.6. The van der Waals surface area contributed by atoms with Crippen molar-refractivity contribution in [3.8, 4) is 17.2 Å². The van der Waals surface area contributed by atoms with Gasteiger partial charge in [0.2, 0.25) is 0 Å². The van der Waals surface area contributed by atoms with Gasteiger partial charge in [0.25, 0.3) is 0 Å². The third-order valence-electron chi connectivity index (χ3n) is 8.23. The van der Waals surface area contributed by atoms with E-state index in [1.807, 2.05) is 35.2 Å². The van der Waals surface area contributed by atoms with Crippen LogP contribution in [0.2, 0.25) is 0 Å². The Morgan fingerprint density at radius 2 is 1.61 bits per heavy atom. The highest BCUT2D eigenvalue weighted by atomic mass is 16.6. The van der Waals surface area contributed by atoms with Gasteiger partial charge in [0.15, 0.2) is 0 Å². The fraction of sp³-hybridized carbons (Fsp3) is 0.355. The topological polar surface area (TPSA) is 73.6 Å². The Morgan fingerprint density at radius 1 is 0.972 bits per heavy atom. The van der Waals surface area contributed by atoms with Crippen molar-refractivity contribution in [2.45, 2.75) is 62.1 Å². The van der Waals surface area contributed by atoms with Crippen LogP contribution in [0.5, 0.6) is 0 Å². The summed E-state index contributed by atoms with van der Waals surface area (Å²) in [6.07, 6.45) is 4.11. The quantitative estimate of drug-likeness (QED) is 0.515. The predicted octanol–water partition coefficient (Wildman–Crippen LogP) is 5.80. The lowest BCUT2D eigenvalue weighted by Crippen LogP contribution is -2.60. The standard InChI is InChI=1S/C31H30N2O3/c32-19-22-8-5-7-21(15-22)16-31(35)17-23-9-6-10-24(18-31)33(23)30(34)36-20-29-27-13-3-1-11-25(27)26-12-2-4-14-28(26)29/h1-5,7-8,11-15,23-24,29,35H,6,9-10,16-18,20H2. The molecule has 2 heterocycles. The monoisotopic (exact) mass is 478 g/mol. The molecule has 3 aromatic rings. The molecule has 36 heavy (non-hydrogen) atoms. The third kappa shape index (κ3) is 4.06. The second kappa shape index (κ2) is 9.11. The van der Waals surface area contributed by atoms with Gasteiger partial charge in [-0.05, 0) is 72.1 Å². The van der Waals surface area contributed by atoms with Crippen LogP contribution in [0.25, 0.3) is 11.1 Å². The molecule has 0 saturated carbocycles. The molecule has 0 radical (unpaired) electrons. The molecule has 0 spiro atoms. The van der Waals surface area contributed by atoms with E-state index in [-0.39, 0.29) is 24.1 Å². The number of aliphatic hydroxyl groups is 1. The minimum atomic E-state index is -0.885. The van der Waals surface area contributed by atoms with Gasteiger partial charge in [-0.2, -0.15) is 5.26 Å². The van der Waals surface area contributed by atoms with Gasteiger partial charge >= 0.3 is 6.09 Å². The van der Waals surface area contributed by atoms with Crippen molar-refractivity contribution in [2.24, 2.45) is 0 Å². The van der Waals surface area contributed by atoms with E-state index in [4.69, 9.17) is 4.74 Å². The number of hydrogen-bond donors (Lipinski definition) is 1. The van der Waals surface area contributed by atoms with E-state index in [9.17, 15) is 15.2 Å². The predicted molar refractivity (Wildman–Crippen MR) is 137 cm³/mol. The first-order valence-corrected chi connectivity index (χ1v) is 12.9. The molecular formula is C31H30N2O3. The van der Waals surface area contributed by atoms with Gasteiger partial charge in [-0.1, -0.05) is 60.7 Å². The molecule has 2 unspecified atom stereocenters. The van der Waals surface area contributed by atoms with Gasteiger partial charge in [0.05, 0.1) is 17.2 Å². The van der Waals surface area contributed by atoms with Crippen LogP contribution in [0, 0.1) is 11.3 Å². The van der Waals surface area contributed by atoms with Crippen LogP contribution >= 0.6 is 0 Å². The van der Waals surface area contributed by atoms with Crippen molar-refractivity contribution in [1.82, 2.24) is 4.90 Å². The number of hydrogen-bond acceptors (Lipinski definition) is 4. The Balaban J connectivity index is 1.17. The summed E-state index contributed by atoms with van der Waals surface area (Å²) in [4.78, 5) is 15.3. The van der Waals surface area contributed by atoms with E-state index in [0.717, 1.165) is 24.8 Å². The number of ether oxygens (including phenoxy) is 1. The van der Waals surface area contributed by atoms with E-state index in [2.05, 4.69) is 42.5 Å². The first-order chi connectivity index (χ1) is 17.5. The number of rotatable bonds is 4. The Hall–Kier alpha value is -3.62. The van der Waals surface area contributed by atoms with E-state index < -0.39 is 5.60 Å². The first-order valence-electron chi connectivity index (χ1n) is 12.9. The highest BCUT2D eigenvalue weighted by molar-refractivity contribution is 5.79. The zero-order valence-corrected chi connectivity index (χ0v) is 20.3. The van der Waals surface area contributed by atoms with Gasteiger partial charge < -0.3 is 14.7 Å². The van der Waals surface area contributed by atoms with E-state index in [0.29, 0.717) is 31.4 Å². The maximum atomic E-state index is 13.4. The average molecular weight is 479 g/mol. The largest absolute Gasteiger partial charge is 0.448 e. The van der Waals surface area contributed by atoms with Gasteiger partial charge in [0.1, 0.15) is 6.61 Å². The van der Waals surface area contributed by atoms with E-state index in [1.54, 1.807) is 6.07 Å². The minimum absolute atomic E-state index is 0.0303. The molecule has 1 N–H and O–H groups in total. The Labute approximate surface area is 211 Å². The summed E-state index contributed by atoms with van der Waals surface area (Å²) in [5, 5.41) is 20.8. The zero-order valence-electron chi connectivity index (χ0n) is 20.3. The molecule has 5 nitrogen and oxygen atoms in total. The number of nitrogens with zero attached hydrogens (tertiary/aromatic N) is 2. The fourth-order valence-corrected chi connectivity index (χ4v) is 6.77. The zero-order chi connectivity index (χ0) is 24.7. The van der Waals surface area contributed by atoms with Crippen LogP contribution in [0.15, 0.2) is 72.8 Å². The number of benzene rings is 3. The van der Waals surface area contributed by atoms with Crippen molar-refractivity contribution in [3.63, 3.8) is 0 Å². The van der Waals surface area contributed by atoms with E-state index in [1.165, 1.54) is 22.3 Å². The summed E-state index contributed by atoms with van der Waals surface area (Å²) in [6.45, 7) is 0.314. The molecular weight excluding hydrogens is 448 g/mol. The molecule has 2 fully saturated rings. The number of amides is 1. The lowest BCUT2D eigenvalue weighted by atomic mass is 9.73. The van der Waals surface area contributed by atoms with Gasteiger partial charge in [-0.25, -0.2) is 4.79 Å². The highest BCUT2D eigenvalue weighted by Crippen LogP contribution is 2.45. The molecule has 2 bridgehead atoms. The van der Waals surface area contributed by atoms with E-state index >= 15 is 0 Å². The molecule has 2 saturated heterocycles. The van der Waals surface area contributed by atoms with Crippen LogP contribution in [0.4, 0.5) is 4.79 Å². The van der Waals surface area contributed by atoms with Gasteiger partial charge in [-0.3, -0.25) is 0 Å². The van der Waals surface area contributed by atoms with Gasteiger partial charge in [-0.15, -0.1) is 0 Å². The number of piperidine rings is 2. The summed E-state index contributed by atoms with van der Waals surface area (Å²) >= 11 is 0. The fourth-order valence-electron chi connectivity index (χ4n) is 6.77. The molecule has 1 amide bonds. The summed E-state index contributed by atoms with van der Waals surface area (Å²) in [5.74, 6) is 0.0373. The molecule has 3 aromatic carbocycles. The van der Waals surface area contributed by atoms with Crippen LogP contribution in [0.3, 0.4) is 0 Å². The highest BCUT2D eigenvalue weighted by Gasteiger charge is 2.48. The summed E-state index contributed by atoms with van der Waals surface area (Å²) in [6, 6.07) is 26.3. The smallest absolute Gasteiger partial charge is 0.410 e. The molecule has 2 atom stereocenters. The maximum absolute atomic E-state index is 13.4. The van der Waals surface area contributed by atoms with Crippen LogP contribution in [-0.2, 0) is 11.2 Å². The molecule has 1 aliphatic carbocycles. The van der Waals surface area contributed by atoms with Gasteiger partial charge in [0, 0.05) is 24.4 Å². The summed E-state index contributed by atoms with van der Waals surface area (Å²) < 4.78 is 6.00. The number of nitriles is 1. The molecule has 3 aliphatic rings. The van der Waals surface area contributed by atoms with Crippen molar-refractivity contribution < 1.29 is 14.6 Å². The Morgan fingerprint density at radius 3 is 2.25 bits per heavy atom. The third-order valence-corrected chi connectivity index (χ3v) is 8.23. The second-order valence-corrected chi connectivity index (χ2v) is 10.6. The first kappa shape index (κ1) is 22.8. The molecule has 5 heteroatoms. The SMILES string of the molecule is N#Cc1cccc(CC2(O)CC3CCCC(C2)N3C(=O)OCC2c3ccccc3-c3ccccc32)c1. The van der Waals surface area contributed by atoms with Crippen molar-refractivity contribution in [3.05, 3.63) is 95.1 Å². The number of carbonyl (C=O) groups excluding carboxylic acids is 1. The molecule has 2 aliphatic heterocycles. The minimum Gasteiger partial charge on any atom is -0.448 e. The number of fused-ring (bicyclic) bond motifs is 5. The lowest BCUT2D eigenvalue weighted by Gasteiger charge is -2.51. The lowest BCUT2D eigenvalue weighted by molar-refractivity contribution is -0.0840. The average Bonchev–Trinajstić information content (AvgIpc) is 3.20. The van der Waals surface area contributed by atoms with Crippen molar-refractivity contribution in [1.29, 1.82) is 5.26 Å². The molecule has 6 rings (SSSR count). The summed E-state index contributed by atoms with van der Waals surface area (Å²) in [5.41, 5.74) is 5.53. The summed E-state index contributed by atoms with van der Waals surface area (Å²) in [7, 11) is 0.